The van der Waals surface area contributed by atoms with Crippen molar-refractivity contribution in [1.82, 2.24) is 9.13 Å². The molecule has 0 spiro atoms. The summed E-state index contributed by atoms with van der Waals surface area (Å²) in [5, 5.41) is 10.5. The first-order valence-corrected chi connectivity index (χ1v) is 8.84. The van der Waals surface area contributed by atoms with Crippen LogP contribution in [0.2, 0.25) is 0 Å². The van der Waals surface area contributed by atoms with Gasteiger partial charge in [0.05, 0.1) is 5.56 Å². The minimum absolute atomic E-state index is 0.177. The molecule has 0 saturated heterocycles. The molecule has 24 heavy (non-hydrogen) atoms. The van der Waals surface area contributed by atoms with Crippen molar-refractivity contribution < 1.29 is 5.11 Å². The molecular weight excluding hydrogens is 304 g/mol. The molecule has 1 rings (SSSR count). The Labute approximate surface area is 144 Å². The Morgan fingerprint density at radius 2 is 1.62 bits per heavy atom. The minimum atomic E-state index is -0.427. The van der Waals surface area contributed by atoms with Crippen molar-refractivity contribution in [3.05, 3.63) is 38.1 Å². The predicted molar refractivity (Wildman–Crippen MR) is 98.7 cm³/mol. The molecule has 0 aliphatic rings. The van der Waals surface area contributed by atoms with Gasteiger partial charge in [0.25, 0.3) is 5.56 Å². The maximum atomic E-state index is 12.7. The van der Waals surface area contributed by atoms with Crippen LogP contribution < -0.4 is 11.2 Å². The molecule has 0 atom stereocenters. The van der Waals surface area contributed by atoms with Crippen LogP contribution in [0.25, 0.3) is 0 Å². The van der Waals surface area contributed by atoms with Gasteiger partial charge in [-0.05, 0) is 44.9 Å². The molecule has 0 aromatic carbocycles. The summed E-state index contributed by atoms with van der Waals surface area (Å²) in [6.45, 7) is 12.8. The first-order chi connectivity index (χ1) is 11.1. The summed E-state index contributed by atoms with van der Waals surface area (Å²) in [7, 11) is 0. The SMILES string of the molecule is CC(C)=CCn1c(O)c(CCC(C)C)c(=O)n(CCC(C)C)c1=O. The molecule has 1 N–H and O–H groups in total. The number of aromatic nitrogens is 2. The predicted octanol–water partition coefficient (Wildman–Crippen LogP) is 3.32. The van der Waals surface area contributed by atoms with Gasteiger partial charge in [0.2, 0.25) is 5.88 Å². The van der Waals surface area contributed by atoms with Gasteiger partial charge < -0.3 is 5.11 Å². The maximum absolute atomic E-state index is 12.7. The average molecular weight is 336 g/mol. The van der Waals surface area contributed by atoms with Crippen molar-refractivity contribution in [3.8, 4) is 5.88 Å². The van der Waals surface area contributed by atoms with Gasteiger partial charge in [-0.1, -0.05) is 39.3 Å². The Morgan fingerprint density at radius 1 is 1.04 bits per heavy atom. The molecule has 5 heteroatoms. The van der Waals surface area contributed by atoms with E-state index in [0.29, 0.717) is 30.4 Å². The Morgan fingerprint density at radius 3 is 2.12 bits per heavy atom. The summed E-state index contributed by atoms with van der Waals surface area (Å²) in [6, 6.07) is 0. The highest BCUT2D eigenvalue weighted by Gasteiger charge is 2.18. The Bertz CT molecular complexity index is 690. The molecule has 0 aliphatic carbocycles. The average Bonchev–Trinajstić information content (AvgIpc) is 2.45. The first-order valence-electron chi connectivity index (χ1n) is 8.84. The zero-order valence-corrected chi connectivity index (χ0v) is 15.9. The van der Waals surface area contributed by atoms with E-state index in [0.717, 1.165) is 18.4 Å². The lowest BCUT2D eigenvalue weighted by atomic mass is 10.0. The van der Waals surface area contributed by atoms with Crippen LogP contribution in [0.15, 0.2) is 21.2 Å². The summed E-state index contributed by atoms with van der Waals surface area (Å²) in [4.78, 5) is 25.4. The van der Waals surface area contributed by atoms with E-state index in [-0.39, 0.29) is 18.0 Å². The first kappa shape index (κ1) is 20.3. The monoisotopic (exact) mass is 336 g/mol. The number of nitrogens with zero attached hydrogens (tertiary/aromatic N) is 2. The molecule has 0 radical (unpaired) electrons. The summed E-state index contributed by atoms with van der Waals surface area (Å²) < 4.78 is 2.60. The van der Waals surface area contributed by atoms with E-state index in [1.807, 2.05) is 19.9 Å². The summed E-state index contributed by atoms with van der Waals surface area (Å²) in [5.74, 6) is 0.644. The second kappa shape index (κ2) is 8.90. The van der Waals surface area contributed by atoms with Crippen molar-refractivity contribution in [2.24, 2.45) is 11.8 Å². The van der Waals surface area contributed by atoms with E-state index in [1.54, 1.807) is 0 Å². The smallest absolute Gasteiger partial charge is 0.334 e. The zero-order valence-electron chi connectivity index (χ0n) is 15.9. The fourth-order valence-electron chi connectivity index (χ4n) is 2.42. The van der Waals surface area contributed by atoms with Gasteiger partial charge >= 0.3 is 5.69 Å². The van der Waals surface area contributed by atoms with Gasteiger partial charge in [-0.15, -0.1) is 0 Å². The maximum Gasteiger partial charge on any atom is 0.334 e. The summed E-state index contributed by atoms with van der Waals surface area (Å²) in [6.07, 6.45) is 3.92. The molecule has 0 saturated carbocycles. The number of allylic oxidation sites excluding steroid dienone is 2. The number of hydrogen-bond acceptors (Lipinski definition) is 3. The highest BCUT2D eigenvalue weighted by atomic mass is 16.3. The van der Waals surface area contributed by atoms with Crippen LogP contribution in [0.4, 0.5) is 0 Å². The standard InChI is InChI=1S/C19H32N2O3/c1-13(2)7-8-16-17(22)20(11-9-14(3)4)19(24)21(18(16)23)12-10-15(5)6/h9,13,15,22H,7-8,10-12H2,1-6H3. The molecule has 0 unspecified atom stereocenters. The quantitative estimate of drug-likeness (QED) is 0.741. The molecule has 0 bridgehead atoms. The van der Waals surface area contributed by atoms with Crippen molar-refractivity contribution in [3.63, 3.8) is 0 Å². The molecule has 0 fully saturated rings. The lowest BCUT2D eigenvalue weighted by molar-refractivity contribution is 0.381. The topological polar surface area (TPSA) is 64.2 Å². The Balaban J connectivity index is 3.43. The third kappa shape index (κ3) is 5.39. The molecule has 1 aromatic heterocycles. The van der Waals surface area contributed by atoms with E-state index in [4.69, 9.17) is 0 Å². The van der Waals surface area contributed by atoms with E-state index in [2.05, 4.69) is 27.7 Å². The Kier molecular flexibility index (Phi) is 7.52. The lowest BCUT2D eigenvalue weighted by Crippen LogP contribution is -2.41. The second-order valence-corrected chi connectivity index (χ2v) is 7.55. The molecular formula is C19H32N2O3. The van der Waals surface area contributed by atoms with E-state index < -0.39 is 5.69 Å². The van der Waals surface area contributed by atoms with Gasteiger partial charge in [-0.25, -0.2) is 4.79 Å². The number of aromatic hydroxyl groups is 1. The molecule has 1 aromatic rings. The van der Waals surface area contributed by atoms with Crippen molar-refractivity contribution >= 4 is 0 Å². The highest BCUT2D eigenvalue weighted by molar-refractivity contribution is 5.24. The lowest BCUT2D eigenvalue weighted by Gasteiger charge is -2.16. The van der Waals surface area contributed by atoms with Gasteiger partial charge in [0.1, 0.15) is 0 Å². The van der Waals surface area contributed by atoms with Gasteiger partial charge in [0, 0.05) is 13.1 Å². The molecule has 0 aliphatic heterocycles. The highest BCUT2D eigenvalue weighted by Crippen LogP contribution is 2.16. The molecule has 5 nitrogen and oxygen atoms in total. The van der Waals surface area contributed by atoms with Gasteiger partial charge in [-0.2, -0.15) is 0 Å². The minimum Gasteiger partial charge on any atom is -0.494 e. The van der Waals surface area contributed by atoms with E-state index in [9.17, 15) is 14.7 Å². The van der Waals surface area contributed by atoms with Crippen LogP contribution in [0.3, 0.4) is 0 Å². The summed E-state index contributed by atoms with van der Waals surface area (Å²) >= 11 is 0. The van der Waals surface area contributed by atoms with Crippen LogP contribution in [-0.2, 0) is 19.5 Å². The van der Waals surface area contributed by atoms with E-state index >= 15 is 0 Å². The third-order valence-corrected chi connectivity index (χ3v) is 4.07. The number of hydrogen-bond donors (Lipinski definition) is 1. The van der Waals surface area contributed by atoms with Crippen LogP contribution in [0.5, 0.6) is 5.88 Å². The van der Waals surface area contributed by atoms with Crippen LogP contribution in [0.1, 0.15) is 59.9 Å². The van der Waals surface area contributed by atoms with Crippen LogP contribution in [-0.4, -0.2) is 14.2 Å². The Hall–Kier alpha value is -1.78. The number of rotatable bonds is 8. The normalized spacial score (nSPS) is 11.3. The fourth-order valence-corrected chi connectivity index (χ4v) is 2.42. The van der Waals surface area contributed by atoms with E-state index in [1.165, 1.54) is 9.13 Å². The van der Waals surface area contributed by atoms with Crippen molar-refractivity contribution in [1.29, 1.82) is 0 Å². The van der Waals surface area contributed by atoms with Crippen LogP contribution in [0, 0.1) is 11.8 Å². The van der Waals surface area contributed by atoms with Crippen LogP contribution >= 0.6 is 0 Å². The summed E-state index contributed by atoms with van der Waals surface area (Å²) in [5.41, 5.74) is 0.648. The zero-order chi connectivity index (χ0) is 18.4. The second-order valence-electron chi connectivity index (χ2n) is 7.55. The van der Waals surface area contributed by atoms with Crippen molar-refractivity contribution in [2.45, 2.75) is 73.9 Å². The van der Waals surface area contributed by atoms with Gasteiger partial charge in [0.15, 0.2) is 0 Å². The van der Waals surface area contributed by atoms with Gasteiger partial charge in [-0.3, -0.25) is 13.9 Å². The molecule has 1 heterocycles. The third-order valence-electron chi connectivity index (χ3n) is 4.07. The molecule has 136 valence electrons. The van der Waals surface area contributed by atoms with Crippen molar-refractivity contribution in [2.75, 3.05) is 0 Å². The fraction of sp³-hybridized carbons (Fsp3) is 0.684. The molecule has 0 amide bonds. The largest absolute Gasteiger partial charge is 0.494 e.